The number of benzene rings is 1. The van der Waals surface area contributed by atoms with Crippen LogP contribution in [0.5, 0.6) is 0 Å². The first-order chi connectivity index (χ1) is 14.9. The highest BCUT2D eigenvalue weighted by Crippen LogP contribution is 2.35. The SMILES string of the molecule is CC1=CC(C)=NC(=O)C1CNC(=O)c1c(C)n([C@H](C)C2CCOCC2)c2ccccc12. The quantitative estimate of drug-likeness (QED) is 0.785. The molecule has 0 bridgehead atoms. The fraction of sp³-hybridized carbons (Fsp3) is 0.480. The molecular weight excluding hydrogens is 390 g/mol. The van der Waals surface area contributed by atoms with Gasteiger partial charge in [0.15, 0.2) is 0 Å². The van der Waals surface area contributed by atoms with Gasteiger partial charge in [-0.05, 0) is 58.6 Å². The van der Waals surface area contributed by atoms with Crippen molar-refractivity contribution in [2.24, 2.45) is 16.8 Å². The number of carbonyl (C=O) groups is 2. The summed E-state index contributed by atoms with van der Waals surface area (Å²) in [5, 5.41) is 3.96. The third-order valence-corrected chi connectivity index (χ3v) is 6.78. The molecule has 1 unspecified atom stereocenters. The van der Waals surface area contributed by atoms with E-state index in [1.165, 1.54) is 0 Å². The van der Waals surface area contributed by atoms with Crippen molar-refractivity contribution in [2.75, 3.05) is 19.8 Å². The van der Waals surface area contributed by atoms with Crippen molar-refractivity contribution >= 4 is 28.4 Å². The smallest absolute Gasteiger partial charge is 0.254 e. The number of aromatic nitrogens is 1. The zero-order valence-electron chi connectivity index (χ0n) is 18.8. The average Bonchev–Trinajstić information content (AvgIpc) is 3.04. The van der Waals surface area contributed by atoms with Gasteiger partial charge in [0.2, 0.25) is 0 Å². The van der Waals surface area contributed by atoms with E-state index in [-0.39, 0.29) is 24.4 Å². The van der Waals surface area contributed by atoms with Crippen LogP contribution in [0.2, 0.25) is 0 Å². The van der Waals surface area contributed by atoms with Crippen molar-refractivity contribution < 1.29 is 14.3 Å². The molecule has 4 rings (SSSR count). The minimum absolute atomic E-state index is 0.140. The molecule has 6 heteroatoms. The summed E-state index contributed by atoms with van der Waals surface area (Å²) in [6.45, 7) is 9.84. The molecule has 1 saturated heterocycles. The molecule has 2 aliphatic heterocycles. The van der Waals surface area contributed by atoms with E-state index >= 15 is 0 Å². The van der Waals surface area contributed by atoms with Crippen molar-refractivity contribution in [2.45, 2.75) is 46.6 Å². The Balaban J connectivity index is 1.62. The normalized spacial score (nSPS) is 21.0. The number of nitrogens with one attached hydrogen (secondary N) is 1. The third kappa shape index (κ3) is 4.09. The van der Waals surface area contributed by atoms with Gasteiger partial charge in [0, 0.05) is 48.1 Å². The number of aliphatic imine (C=N–C) groups is 1. The first kappa shape index (κ1) is 21.5. The number of para-hydroxylation sites is 1. The number of amides is 2. The van der Waals surface area contributed by atoms with Crippen LogP contribution in [0.1, 0.15) is 55.7 Å². The Hall–Kier alpha value is -2.73. The summed E-state index contributed by atoms with van der Waals surface area (Å²) < 4.78 is 7.86. The summed E-state index contributed by atoms with van der Waals surface area (Å²) in [4.78, 5) is 29.7. The molecule has 1 aromatic heterocycles. The van der Waals surface area contributed by atoms with Gasteiger partial charge in [0.25, 0.3) is 11.8 Å². The molecule has 1 fully saturated rings. The van der Waals surface area contributed by atoms with Crippen molar-refractivity contribution in [3.8, 4) is 0 Å². The maximum atomic E-state index is 13.3. The average molecular weight is 422 g/mol. The first-order valence-electron chi connectivity index (χ1n) is 11.1. The molecule has 31 heavy (non-hydrogen) atoms. The molecule has 1 N–H and O–H groups in total. The van der Waals surface area contributed by atoms with Crippen LogP contribution < -0.4 is 5.32 Å². The Labute approximate surface area is 183 Å². The van der Waals surface area contributed by atoms with Gasteiger partial charge in [0.05, 0.1) is 11.5 Å². The van der Waals surface area contributed by atoms with E-state index in [1.807, 2.05) is 45.0 Å². The van der Waals surface area contributed by atoms with Crippen LogP contribution in [0.3, 0.4) is 0 Å². The van der Waals surface area contributed by atoms with Crippen LogP contribution in [0.15, 0.2) is 40.9 Å². The predicted molar refractivity (Wildman–Crippen MR) is 123 cm³/mol. The lowest BCUT2D eigenvalue weighted by Crippen LogP contribution is -2.35. The van der Waals surface area contributed by atoms with Crippen LogP contribution >= 0.6 is 0 Å². The second-order valence-corrected chi connectivity index (χ2v) is 8.78. The van der Waals surface area contributed by atoms with Gasteiger partial charge in [-0.3, -0.25) is 9.59 Å². The largest absolute Gasteiger partial charge is 0.381 e. The lowest BCUT2D eigenvalue weighted by atomic mass is 9.92. The maximum absolute atomic E-state index is 13.3. The summed E-state index contributed by atoms with van der Waals surface area (Å²) >= 11 is 0. The number of hydrogen-bond acceptors (Lipinski definition) is 3. The van der Waals surface area contributed by atoms with E-state index in [0.717, 1.165) is 48.2 Å². The molecule has 3 heterocycles. The molecule has 0 spiro atoms. The number of carbonyl (C=O) groups excluding carboxylic acids is 2. The summed E-state index contributed by atoms with van der Waals surface area (Å²) in [7, 11) is 0. The van der Waals surface area contributed by atoms with Gasteiger partial charge in [-0.1, -0.05) is 23.8 Å². The van der Waals surface area contributed by atoms with Gasteiger partial charge >= 0.3 is 0 Å². The lowest BCUT2D eigenvalue weighted by Gasteiger charge is -2.30. The van der Waals surface area contributed by atoms with Crippen LogP contribution in [-0.4, -0.2) is 41.9 Å². The Morgan fingerprint density at radius 2 is 1.94 bits per heavy atom. The molecule has 2 amide bonds. The van der Waals surface area contributed by atoms with Crippen molar-refractivity contribution in [3.05, 3.63) is 47.2 Å². The van der Waals surface area contributed by atoms with Crippen LogP contribution in [-0.2, 0) is 9.53 Å². The lowest BCUT2D eigenvalue weighted by molar-refractivity contribution is -0.120. The topological polar surface area (TPSA) is 72.7 Å². The van der Waals surface area contributed by atoms with Crippen molar-refractivity contribution in [1.82, 2.24) is 9.88 Å². The van der Waals surface area contributed by atoms with Gasteiger partial charge in [-0.25, -0.2) is 4.99 Å². The van der Waals surface area contributed by atoms with Gasteiger partial charge < -0.3 is 14.6 Å². The number of fused-ring (bicyclic) bond motifs is 1. The Bertz CT molecular complexity index is 1070. The number of dihydropyridines is 1. The molecule has 164 valence electrons. The van der Waals surface area contributed by atoms with E-state index in [4.69, 9.17) is 4.74 Å². The number of ether oxygens (including phenoxy) is 1. The van der Waals surface area contributed by atoms with Crippen LogP contribution in [0, 0.1) is 18.8 Å². The van der Waals surface area contributed by atoms with Gasteiger partial charge in [0.1, 0.15) is 0 Å². The summed E-state index contributed by atoms with van der Waals surface area (Å²) in [6, 6.07) is 8.36. The van der Waals surface area contributed by atoms with E-state index in [2.05, 4.69) is 27.9 Å². The van der Waals surface area contributed by atoms with Crippen LogP contribution in [0.25, 0.3) is 10.9 Å². The minimum Gasteiger partial charge on any atom is -0.381 e. The summed E-state index contributed by atoms with van der Waals surface area (Å²) in [6.07, 6.45) is 3.97. The van der Waals surface area contributed by atoms with E-state index in [0.29, 0.717) is 17.2 Å². The number of allylic oxidation sites excluding steroid dienone is 1. The minimum atomic E-state index is -0.400. The number of rotatable bonds is 5. The number of hydrogen-bond donors (Lipinski definition) is 1. The molecule has 0 radical (unpaired) electrons. The van der Waals surface area contributed by atoms with Gasteiger partial charge in [-0.2, -0.15) is 0 Å². The molecule has 2 aromatic rings. The van der Waals surface area contributed by atoms with Crippen LogP contribution in [0.4, 0.5) is 0 Å². The highest BCUT2D eigenvalue weighted by Gasteiger charge is 2.29. The molecule has 2 aliphatic rings. The van der Waals surface area contributed by atoms with Crippen molar-refractivity contribution in [3.63, 3.8) is 0 Å². The van der Waals surface area contributed by atoms with E-state index in [1.54, 1.807) is 0 Å². The Morgan fingerprint density at radius 1 is 1.23 bits per heavy atom. The molecule has 1 aromatic carbocycles. The first-order valence-corrected chi connectivity index (χ1v) is 11.1. The third-order valence-electron chi connectivity index (χ3n) is 6.78. The predicted octanol–water partition coefficient (Wildman–Crippen LogP) is 4.23. The monoisotopic (exact) mass is 421 g/mol. The second kappa shape index (κ2) is 8.79. The summed E-state index contributed by atoms with van der Waals surface area (Å²) in [5.74, 6) is -0.209. The highest BCUT2D eigenvalue weighted by molar-refractivity contribution is 6.09. The highest BCUT2D eigenvalue weighted by atomic mass is 16.5. The maximum Gasteiger partial charge on any atom is 0.254 e. The standard InChI is InChI=1S/C25H31N3O3/c1-15-13-16(2)27-24(29)21(15)14-26-25(30)23-18(4)28(22-8-6-5-7-20(22)23)17(3)19-9-11-31-12-10-19/h5-8,13,17,19,21H,9-12,14H2,1-4H3,(H,26,30)/t17-,21?/m1/s1. The molecule has 0 aliphatic carbocycles. The molecular formula is C25H31N3O3. The Morgan fingerprint density at radius 3 is 2.65 bits per heavy atom. The second-order valence-electron chi connectivity index (χ2n) is 8.78. The zero-order chi connectivity index (χ0) is 22.1. The number of nitrogens with zero attached hydrogens (tertiary/aromatic N) is 2. The van der Waals surface area contributed by atoms with E-state index < -0.39 is 5.92 Å². The van der Waals surface area contributed by atoms with Crippen molar-refractivity contribution in [1.29, 1.82) is 0 Å². The fourth-order valence-electron chi connectivity index (χ4n) is 5.05. The molecule has 0 saturated carbocycles. The fourth-order valence-corrected chi connectivity index (χ4v) is 5.05. The zero-order valence-corrected chi connectivity index (χ0v) is 18.8. The Kier molecular flexibility index (Phi) is 6.10. The van der Waals surface area contributed by atoms with Gasteiger partial charge in [-0.15, -0.1) is 0 Å². The van der Waals surface area contributed by atoms with E-state index in [9.17, 15) is 9.59 Å². The summed E-state index contributed by atoms with van der Waals surface area (Å²) in [5.41, 5.74) is 4.39. The molecule has 2 atom stereocenters. The molecule has 6 nitrogen and oxygen atoms in total.